The molecule has 1 heterocycles. The maximum Gasteiger partial charge on any atom is 0.293 e. The van der Waals surface area contributed by atoms with Crippen LogP contribution in [0.3, 0.4) is 0 Å². The van der Waals surface area contributed by atoms with Gasteiger partial charge in [-0.25, -0.2) is 0 Å². The number of hydrogen-bond donors (Lipinski definition) is 1. The van der Waals surface area contributed by atoms with Gasteiger partial charge in [0.15, 0.2) is 6.61 Å². The van der Waals surface area contributed by atoms with Gasteiger partial charge in [0.05, 0.1) is 22.2 Å². The average molecular weight is 627 g/mol. The van der Waals surface area contributed by atoms with Crippen LogP contribution in [0.25, 0.3) is 6.08 Å². The molecule has 4 rings (SSSR count). The summed E-state index contributed by atoms with van der Waals surface area (Å²) in [7, 11) is 0. The molecule has 0 saturated carbocycles. The molecule has 1 aliphatic rings. The van der Waals surface area contributed by atoms with Crippen LogP contribution in [0.2, 0.25) is 15.1 Å². The second kappa shape index (κ2) is 11.7. The first kappa shape index (κ1) is 26.6. The number of hydrogen-bond acceptors (Lipinski definition) is 5. The highest BCUT2D eigenvalue weighted by molar-refractivity contribution is 9.10. The minimum absolute atomic E-state index is 0.0510. The van der Waals surface area contributed by atoms with E-state index in [1.54, 1.807) is 66.7 Å². The molecule has 184 valence electrons. The summed E-state index contributed by atoms with van der Waals surface area (Å²) in [6, 6.07) is 16.9. The number of carbonyl (C=O) groups is 3. The van der Waals surface area contributed by atoms with E-state index in [0.717, 1.165) is 21.1 Å². The molecule has 0 aromatic heterocycles. The van der Waals surface area contributed by atoms with Crippen molar-refractivity contribution in [1.82, 2.24) is 4.90 Å². The molecule has 0 spiro atoms. The predicted molar refractivity (Wildman–Crippen MR) is 148 cm³/mol. The SMILES string of the molecule is O=C(COc1ccc(Br)cc1/C=C1\SC(=O)N(Cc2c(Cl)cccc2Cl)C1=O)Nc1ccccc1Cl. The van der Waals surface area contributed by atoms with Crippen molar-refractivity contribution in [2.24, 2.45) is 0 Å². The van der Waals surface area contributed by atoms with E-state index < -0.39 is 17.1 Å². The van der Waals surface area contributed by atoms with Gasteiger partial charge in [-0.15, -0.1) is 0 Å². The fourth-order valence-corrected chi connectivity index (χ4v) is 5.18. The summed E-state index contributed by atoms with van der Waals surface area (Å²) < 4.78 is 6.44. The zero-order valence-corrected chi connectivity index (χ0v) is 22.9. The number of para-hydroxylation sites is 1. The van der Waals surface area contributed by atoms with Crippen molar-refractivity contribution in [2.45, 2.75) is 6.54 Å². The second-order valence-corrected chi connectivity index (χ2v) is 10.6. The number of carbonyl (C=O) groups excluding carboxylic acids is 3. The fourth-order valence-electron chi connectivity index (χ4n) is 3.27. The van der Waals surface area contributed by atoms with Crippen molar-refractivity contribution in [3.8, 4) is 5.75 Å². The van der Waals surface area contributed by atoms with E-state index in [-0.39, 0.29) is 18.1 Å². The molecule has 1 aliphatic heterocycles. The van der Waals surface area contributed by atoms with Gasteiger partial charge in [-0.1, -0.05) is 68.9 Å². The van der Waals surface area contributed by atoms with Gasteiger partial charge in [0.1, 0.15) is 5.75 Å². The number of imide groups is 1. The highest BCUT2D eigenvalue weighted by Gasteiger charge is 2.36. The third kappa shape index (κ3) is 6.25. The minimum atomic E-state index is -0.483. The minimum Gasteiger partial charge on any atom is -0.483 e. The van der Waals surface area contributed by atoms with E-state index in [1.165, 1.54) is 0 Å². The van der Waals surface area contributed by atoms with Crippen LogP contribution in [0.5, 0.6) is 5.75 Å². The molecule has 3 amide bonds. The zero-order valence-electron chi connectivity index (χ0n) is 18.3. The van der Waals surface area contributed by atoms with Gasteiger partial charge in [-0.2, -0.15) is 0 Å². The predicted octanol–water partition coefficient (Wildman–Crippen LogP) is 7.66. The molecule has 0 atom stereocenters. The third-order valence-corrected chi connectivity index (χ3v) is 7.46. The van der Waals surface area contributed by atoms with Crippen molar-refractivity contribution >= 4 is 91.3 Å². The molecule has 36 heavy (non-hydrogen) atoms. The number of nitrogens with zero attached hydrogens (tertiary/aromatic N) is 1. The molecular formula is C25H16BrCl3N2O4S. The summed E-state index contributed by atoms with van der Waals surface area (Å²) in [6.45, 7) is -0.343. The largest absolute Gasteiger partial charge is 0.483 e. The number of nitrogens with one attached hydrogen (secondary N) is 1. The topological polar surface area (TPSA) is 75.7 Å². The van der Waals surface area contributed by atoms with Gasteiger partial charge in [0, 0.05) is 25.6 Å². The number of thioether (sulfide) groups is 1. The molecule has 1 saturated heterocycles. The van der Waals surface area contributed by atoms with Gasteiger partial charge in [0.25, 0.3) is 17.1 Å². The lowest BCUT2D eigenvalue weighted by Crippen LogP contribution is -2.27. The highest BCUT2D eigenvalue weighted by atomic mass is 79.9. The first-order valence-electron chi connectivity index (χ1n) is 10.4. The Bertz CT molecular complexity index is 1380. The van der Waals surface area contributed by atoms with Gasteiger partial charge >= 0.3 is 0 Å². The molecule has 1 fully saturated rings. The standard InChI is InChI=1S/C25H16BrCl3N2O4S/c26-15-8-9-21(35-13-23(32)30-20-7-2-1-4-19(20)29)14(10-15)11-22-24(33)31(25(34)36-22)12-16-17(27)5-3-6-18(16)28/h1-11H,12-13H2,(H,30,32)/b22-11-. The molecular weight excluding hydrogens is 611 g/mol. The summed E-state index contributed by atoms with van der Waals surface area (Å²) in [6.07, 6.45) is 1.55. The average Bonchev–Trinajstić information content (AvgIpc) is 3.09. The first-order chi connectivity index (χ1) is 17.2. The van der Waals surface area contributed by atoms with Gasteiger partial charge in [-0.05, 0) is 60.3 Å². The molecule has 0 radical (unpaired) electrons. The van der Waals surface area contributed by atoms with Crippen LogP contribution in [0.15, 0.2) is 70.0 Å². The smallest absolute Gasteiger partial charge is 0.293 e. The number of amides is 3. The summed E-state index contributed by atoms with van der Waals surface area (Å²) in [5.41, 5.74) is 1.47. The molecule has 3 aromatic carbocycles. The van der Waals surface area contributed by atoms with E-state index in [9.17, 15) is 14.4 Å². The monoisotopic (exact) mass is 624 g/mol. The van der Waals surface area contributed by atoms with Gasteiger partial charge < -0.3 is 10.1 Å². The lowest BCUT2D eigenvalue weighted by Gasteiger charge is -2.15. The first-order valence-corrected chi connectivity index (χ1v) is 13.1. The third-order valence-electron chi connectivity index (χ3n) is 5.02. The Morgan fingerprint density at radius 2 is 1.69 bits per heavy atom. The van der Waals surface area contributed by atoms with Gasteiger partial charge in [0.2, 0.25) is 0 Å². The van der Waals surface area contributed by atoms with Gasteiger partial charge in [-0.3, -0.25) is 19.3 Å². The molecule has 6 nitrogen and oxygen atoms in total. The Morgan fingerprint density at radius 3 is 2.42 bits per heavy atom. The van der Waals surface area contributed by atoms with E-state index in [0.29, 0.717) is 37.6 Å². The van der Waals surface area contributed by atoms with Crippen LogP contribution in [0.1, 0.15) is 11.1 Å². The fraction of sp³-hybridized carbons (Fsp3) is 0.0800. The molecule has 0 bridgehead atoms. The number of halogens is 4. The normalized spacial score (nSPS) is 14.4. The molecule has 1 N–H and O–H groups in total. The summed E-state index contributed by atoms with van der Waals surface area (Å²) in [5, 5.41) is 3.37. The zero-order chi connectivity index (χ0) is 25.8. The van der Waals surface area contributed by atoms with E-state index in [2.05, 4.69) is 21.2 Å². The molecule has 0 unspecified atom stereocenters. The van der Waals surface area contributed by atoms with Crippen LogP contribution < -0.4 is 10.1 Å². The summed E-state index contributed by atoms with van der Waals surface area (Å²) in [5.74, 6) is -0.536. The molecule has 3 aromatic rings. The number of ether oxygens (including phenoxy) is 1. The lowest BCUT2D eigenvalue weighted by molar-refractivity contribution is -0.123. The summed E-state index contributed by atoms with van der Waals surface area (Å²) in [4.78, 5) is 39.3. The lowest BCUT2D eigenvalue weighted by atomic mass is 10.1. The van der Waals surface area contributed by atoms with Crippen molar-refractivity contribution in [1.29, 1.82) is 0 Å². The number of anilines is 1. The van der Waals surface area contributed by atoms with Crippen molar-refractivity contribution in [2.75, 3.05) is 11.9 Å². The Hall–Kier alpha value is -2.49. The Kier molecular flexibility index (Phi) is 8.64. The van der Waals surface area contributed by atoms with Crippen molar-refractivity contribution < 1.29 is 19.1 Å². The van der Waals surface area contributed by atoms with Crippen molar-refractivity contribution in [3.05, 3.63) is 96.2 Å². The Balaban J connectivity index is 1.51. The van der Waals surface area contributed by atoms with Crippen LogP contribution >= 0.6 is 62.5 Å². The van der Waals surface area contributed by atoms with E-state index >= 15 is 0 Å². The van der Waals surface area contributed by atoms with Crippen LogP contribution in [0.4, 0.5) is 10.5 Å². The highest BCUT2D eigenvalue weighted by Crippen LogP contribution is 2.37. The number of benzene rings is 3. The van der Waals surface area contributed by atoms with E-state index in [4.69, 9.17) is 39.5 Å². The number of rotatable bonds is 7. The maximum atomic E-state index is 13.0. The summed E-state index contributed by atoms with van der Waals surface area (Å²) >= 11 is 22.7. The molecule has 0 aliphatic carbocycles. The van der Waals surface area contributed by atoms with Crippen LogP contribution in [-0.4, -0.2) is 28.6 Å². The Morgan fingerprint density at radius 1 is 1.00 bits per heavy atom. The maximum absolute atomic E-state index is 13.0. The van der Waals surface area contributed by atoms with Crippen molar-refractivity contribution in [3.63, 3.8) is 0 Å². The van der Waals surface area contributed by atoms with Crippen LogP contribution in [0, 0.1) is 0 Å². The van der Waals surface area contributed by atoms with Crippen LogP contribution in [-0.2, 0) is 16.1 Å². The Labute approximate surface area is 234 Å². The quantitative estimate of drug-likeness (QED) is 0.273. The second-order valence-electron chi connectivity index (χ2n) is 7.47. The van der Waals surface area contributed by atoms with E-state index in [1.807, 2.05) is 0 Å². The molecule has 11 heteroatoms.